The fourth-order valence-electron chi connectivity index (χ4n) is 2.09. The minimum atomic E-state index is -0.353. The van der Waals surface area contributed by atoms with Crippen LogP contribution in [-0.4, -0.2) is 36.4 Å². The average molecular weight is 297 g/mol. The van der Waals surface area contributed by atoms with Crippen LogP contribution < -0.4 is 5.32 Å². The van der Waals surface area contributed by atoms with Gasteiger partial charge in [-0.1, -0.05) is 12.1 Å². The molecule has 2 rings (SSSR count). The zero-order valence-electron chi connectivity index (χ0n) is 12.8. The topological polar surface area (TPSA) is 58.6 Å². The van der Waals surface area contributed by atoms with Gasteiger partial charge in [0.15, 0.2) is 0 Å². The van der Waals surface area contributed by atoms with E-state index < -0.39 is 0 Å². The number of aliphatic hydroxyl groups is 1. The summed E-state index contributed by atoms with van der Waals surface area (Å²) in [4.78, 5) is 9.60. The first-order chi connectivity index (χ1) is 9.83. The van der Waals surface area contributed by atoms with Gasteiger partial charge in [-0.2, -0.15) is 0 Å². The fourth-order valence-corrected chi connectivity index (χ4v) is 2.09. The molecule has 1 aliphatic rings. The first-order valence-electron chi connectivity index (χ1n) is 7.09. The molecule has 0 saturated carbocycles. The summed E-state index contributed by atoms with van der Waals surface area (Å²) in [6, 6.07) is 6.41. The highest BCUT2D eigenvalue weighted by molar-refractivity contribution is 5.37. The Morgan fingerprint density at radius 1 is 1.33 bits per heavy atom. The Hall–Kier alpha value is -1.46. The van der Waals surface area contributed by atoms with E-state index in [-0.39, 0.29) is 23.4 Å². The van der Waals surface area contributed by atoms with Crippen LogP contribution in [0, 0.1) is 5.82 Å². The molecule has 0 bridgehead atoms. The molecule has 1 aliphatic heterocycles. The molecule has 2 N–H and O–H groups in total. The maximum Gasteiger partial charge on any atom is 0.293 e. The third kappa shape index (κ3) is 6.69. The Bertz CT molecular complexity index is 428. The van der Waals surface area contributed by atoms with Crippen LogP contribution in [0.4, 0.5) is 4.39 Å². The number of piperidine rings is 1. The van der Waals surface area contributed by atoms with Crippen molar-refractivity contribution >= 4 is 6.47 Å². The highest BCUT2D eigenvalue weighted by Gasteiger charge is 2.23. The Morgan fingerprint density at radius 3 is 2.38 bits per heavy atom. The highest BCUT2D eigenvalue weighted by Crippen LogP contribution is 2.25. The van der Waals surface area contributed by atoms with Gasteiger partial charge in [0, 0.05) is 12.5 Å². The van der Waals surface area contributed by atoms with Gasteiger partial charge in [-0.05, 0) is 51.4 Å². The number of hydrogen-bond donors (Lipinski definition) is 2. The Labute approximate surface area is 125 Å². The number of benzene rings is 1. The third-order valence-electron chi connectivity index (χ3n) is 3.15. The summed E-state index contributed by atoms with van der Waals surface area (Å²) >= 11 is 0. The number of aliphatic hydroxyl groups excluding tert-OH is 1. The highest BCUT2D eigenvalue weighted by atomic mass is 19.1. The van der Waals surface area contributed by atoms with Crippen molar-refractivity contribution in [1.82, 2.24) is 5.32 Å². The Kier molecular flexibility index (Phi) is 6.78. The van der Waals surface area contributed by atoms with Gasteiger partial charge in [0.1, 0.15) is 11.4 Å². The SMILES string of the molecule is CC(C)(C)OC=O.O[C@@H]1CNCC[C@H]1c1ccc(F)cc1. The molecule has 1 aromatic carbocycles. The largest absolute Gasteiger partial charge is 0.462 e. The average Bonchev–Trinajstić information content (AvgIpc) is 2.40. The van der Waals surface area contributed by atoms with Crippen LogP contribution in [0.5, 0.6) is 0 Å². The molecule has 0 spiro atoms. The van der Waals surface area contributed by atoms with Crippen LogP contribution >= 0.6 is 0 Å². The monoisotopic (exact) mass is 297 g/mol. The van der Waals surface area contributed by atoms with Crippen molar-refractivity contribution < 1.29 is 19.0 Å². The molecule has 1 aromatic rings. The summed E-state index contributed by atoms with van der Waals surface area (Å²) in [6.07, 6.45) is 0.557. The maximum atomic E-state index is 12.7. The maximum absolute atomic E-state index is 12.7. The predicted octanol–water partition coefficient (Wildman–Crippen LogP) is 2.22. The summed E-state index contributed by atoms with van der Waals surface area (Å²) in [5.41, 5.74) is 0.710. The van der Waals surface area contributed by atoms with Crippen LogP contribution in [0.1, 0.15) is 38.7 Å². The minimum Gasteiger partial charge on any atom is -0.462 e. The molecule has 0 unspecified atom stereocenters. The van der Waals surface area contributed by atoms with Gasteiger partial charge in [0.2, 0.25) is 0 Å². The number of halogens is 1. The van der Waals surface area contributed by atoms with E-state index in [1.807, 2.05) is 20.8 Å². The molecule has 1 saturated heterocycles. The van der Waals surface area contributed by atoms with Crippen molar-refractivity contribution in [3.05, 3.63) is 35.6 Å². The molecule has 0 aliphatic carbocycles. The fraction of sp³-hybridized carbons (Fsp3) is 0.562. The number of nitrogens with one attached hydrogen (secondary N) is 1. The molecule has 1 fully saturated rings. The van der Waals surface area contributed by atoms with Crippen molar-refractivity contribution in [2.45, 2.75) is 44.8 Å². The second-order valence-corrected chi connectivity index (χ2v) is 6.04. The zero-order chi connectivity index (χ0) is 15.9. The van der Waals surface area contributed by atoms with Crippen molar-refractivity contribution in [2.24, 2.45) is 0 Å². The van der Waals surface area contributed by atoms with E-state index in [0.717, 1.165) is 18.5 Å². The summed E-state index contributed by atoms with van der Waals surface area (Å²) in [5, 5.41) is 12.9. The van der Waals surface area contributed by atoms with Crippen molar-refractivity contribution in [3.8, 4) is 0 Å². The Morgan fingerprint density at radius 2 is 1.95 bits per heavy atom. The number of carbonyl (C=O) groups is 1. The van der Waals surface area contributed by atoms with Gasteiger partial charge in [0.05, 0.1) is 6.10 Å². The zero-order valence-corrected chi connectivity index (χ0v) is 12.8. The molecule has 5 heteroatoms. The van der Waals surface area contributed by atoms with Crippen LogP contribution in [0.15, 0.2) is 24.3 Å². The smallest absolute Gasteiger partial charge is 0.293 e. The quantitative estimate of drug-likeness (QED) is 0.822. The summed E-state index contributed by atoms with van der Waals surface area (Å²) < 4.78 is 17.2. The molecule has 21 heavy (non-hydrogen) atoms. The molecular formula is C16H24FNO3. The lowest BCUT2D eigenvalue weighted by Crippen LogP contribution is -2.39. The van der Waals surface area contributed by atoms with Gasteiger partial charge in [-0.3, -0.25) is 4.79 Å². The van der Waals surface area contributed by atoms with Crippen molar-refractivity contribution in [1.29, 1.82) is 0 Å². The number of carbonyl (C=O) groups excluding carboxylic acids is 1. The van der Waals surface area contributed by atoms with E-state index in [2.05, 4.69) is 10.1 Å². The third-order valence-corrected chi connectivity index (χ3v) is 3.15. The summed E-state index contributed by atoms with van der Waals surface area (Å²) in [6.45, 7) is 7.46. The number of β-amino-alcohol motifs (C(OH)–C–C–N with tert-alkyl or cyclic N) is 1. The van der Waals surface area contributed by atoms with Gasteiger partial charge in [-0.25, -0.2) is 4.39 Å². The second-order valence-electron chi connectivity index (χ2n) is 6.04. The first-order valence-corrected chi connectivity index (χ1v) is 7.09. The van der Waals surface area contributed by atoms with Gasteiger partial charge >= 0.3 is 0 Å². The summed E-state index contributed by atoms with van der Waals surface area (Å²) in [7, 11) is 0. The second kappa shape index (κ2) is 8.10. The minimum absolute atomic E-state index is 0.150. The van der Waals surface area contributed by atoms with Crippen LogP contribution in [-0.2, 0) is 9.53 Å². The van der Waals surface area contributed by atoms with E-state index >= 15 is 0 Å². The molecule has 2 atom stereocenters. The lowest BCUT2D eigenvalue weighted by Gasteiger charge is -2.28. The molecule has 1 heterocycles. The van der Waals surface area contributed by atoms with Crippen molar-refractivity contribution in [2.75, 3.05) is 13.1 Å². The lowest BCUT2D eigenvalue weighted by atomic mass is 9.88. The predicted molar refractivity (Wildman–Crippen MR) is 79.5 cm³/mol. The van der Waals surface area contributed by atoms with Gasteiger partial charge in [0.25, 0.3) is 6.47 Å². The molecule has 4 nitrogen and oxygen atoms in total. The van der Waals surface area contributed by atoms with Gasteiger partial charge in [-0.15, -0.1) is 0 Å². The van der Waals surface area contributed by atoms with Crippen molar-refractivity contribution in [3.63, 3.8) is 0 Å². The van der Waals surface area contributed by atoms with E-state index in [9.17, 15) is 14.3 Å². The van der Waals surface area contributed by atoms with E-state index in [1.165, 1.54) is 12.1 Å². The number of rotatable bonds is 2. The van der Waals surface area contributed by atoms with Crippen LogP contribution in [0.3, 0.4) is 0 Å². The first kappa shape index (κ1) is 17.6. The van der Waals surface area contributed by atoms with Crippen LogP contribution in [0.25, 0.3) is 0 Å². The van der Waals surface area contributed by atoms with Gasteiger partial charge < -0.3 is 15.2 Å². The van der Waals surface area contributed by atoms with E-state index in [4.69, 9.17) is 0 Å². The Balaban J connectivity index is 0.000000270. The molecule has 0 aromatic heterocycles. The molecule has 118 valence electrons. The molecular weight excluding hydrogens is 273 g/mol. The number of hydrogen-bond acceptors (Lipinski definition) is 4. The van der Waals surface area contributed by atoms with E-state index in [1.54, 1.807) is 12.1 Å². The molecule has 0 amide bonds. The number of ether oxygens (including phenoxy) is 1. The van der Waals surface area contributed by atoms with Crippen LogP contribution in [0.2, 0.25) is 0 Å². The molecule has 0 radical (unpaired) electrons. The van der Waals surface area contributed by atoms with E-state index in [0.29, 0.717) is 13.0 Å². The summed E-state index contributed by atoms with van der Waals surface area (Å²) in [5.74, 6) is -0.0750. The normalized spacial score (nSPS) is 22.0. The lowest BCUT2D eigenvalue weighted by molar-refractivity contribution is -0.138. The standard InChI is InChI=1S/C11H14FNO.C5H10O2/c12-9-3-1-8(2-4-9)10-5-6-13-7-11(10)14;1-5(2,3)7-4-6/h1-4,10-11,13-14H,5-7H2;4H,1-3H3/t10-,11+;/m0./s1.